The van der Waals surface area contributed by atoms with Gasteiger partial charge in [-0.25, -0.2) is 13.3 Å². The molecule has 0 aliphatic rings. The molecule has 0 heterocycles. The summed E-state index contributed by atoms with van der Waals surface area (Å²) in [7, 11) is 0.539. The van der Waals surface area contributed by atoms with Crippen molar-refractivity contribution in [2.45, 2.75) is 6.42 Å². The number of benzene rings is 2. The van der Waals surface area contributed by atoms with Crippen molar-refractivity contribution < 1.29 is 27.2 Å². The van der Waals surface area contributed by atoms with Gasteiger partial charge in [0, 0.05) is 25.2 Å². The Morgan fingerprint density at radius 3 is 1.80 bits per heavy atom. The van der Waals surface area contributed by atoms with Crippen molar-refractivity contribution in [3.8, 4) is 0 Å². The molecule has 0 aromatic heterocycles. The molecule has 2 aromatic carbocycles. The zero-order valence-corrected chi connectivity index (χ0v) is 21.2. The lowest BCUT2D eigenvalue weighted by molar-refractivity contribution is -0.160. The first-order valence-electron chi connectivity index (χ1n) is 10.0. The maximum Gasteiger partial charge on any atom is 0.252 e. The van der Waals surface area contributed by atoms with Crippen molar-refractivity contribution in [3.05, 3.63) is 71.8 Å². The molecule has 0 aliphatic heterocycles. The molecule has 0 aliphatic carbocycles. The van der Waals surface area contributed by atoms with Crippen LogP contribution in [0.3, 0.4) is 0 Å². The monoisotopic (exact) mass is 522 g/mol. The summed E-state index contributed by atoms with van der Waals surface area (Å²) >= 11 is 0.664. The van der Waals surface area contributed by atoms with Crippen LogP contribution < -0.4 is 10.9 Å². The molecule has 0 saturated heterocycles. The summed E-state index contributed by atoms with van der Waals surface area (Å²) in [5.74, 6) is -0.996. The van der Waals surface area contributed by atoms with Crippen LogP contribution in [0.1, 0.15) is 17.5 Å². The number of carbonyl (C=O) groups is 2. The minimum atomic E-state index is -3.76. The highest BCUT2D eigenvalue weighted by Gasteiger charge is 2.19. The molecule has 12 nitrogen and oxygen atoms in total. The van der Waals surface area contributed by atoms with Gasteiger partial charge in [0.05, 0.1) is 13.4 Å². The smallest absolute Gasteiger partial charge is 0.252 e. The Bertz CT molecular complexity index is 1160. The van der Waals surface area contributed by atoms with Crippen molar-refractivity contribution in [2.24, 2.45) is 8.80 Å². The van der Waals surface area contributed by atoms with Gasteiger partial charge in [0.1, 0.15) is 6.42 Å². The molecule has 0 bridgehead atoms. The van der Waals surface area contributed by atoms with Crippen LogP contribution in [-0.4, -0.2) is 69.4 Å². The van der Waals surface area contributed by atoms with Crippen molar-refractivity contribution >= 4 is 45.7 Å². The second-order valence-electron chi connectivity index (χ2n) is 6.97. The van der Waals surface area contributed by atoms with E-state index in [4.69, 9.17) is 4.33 Å². The second kappa shape index (κ2) is 13.4. The lowest BCUT2D eigenvalue weighted by atomic mass is 10.2. The van der Waals surface area contributed by atoms with E-state index in [9.17, 15) is 18.0 Å². The Morgan fingerprint density at radius 2 is 1.34 bits per heavy atom. The summed E-state index contributed by atoms with van der Waals surface area (Å²) in [6.07, 6.45) is 0.385. The van der Waals surface area contributed by atoms with E-state index in [0.717, 1.165) is 11.3 Å². The molecular formula is C21H26N6O6S2. The molecule has 0 radical (unpaired) electrons. The first kappa shape index (κ1) is 27.8. The van der Waals surface area contributed by atoms with Gasteiger partial charge >= 0.3 is 0 Å². The highest BCUT2D eigenvalue weighted by molar-refractivity contribution is 7.93. The average Bonchev–Trinajstić information content (AvgIpc) is 2.80. The number of carbonyl (C=O) groups excluding carboxylic acids is 2. The number of nitrogens with one attached hydrogen (secondary N) is 2. The number of hydrazine groups is 2. The molecule has 14 heteroatoms. The fraction of sp³-hybridized carbons (Fsp3) is 0.238. The second-order valence-corrected chi connectivity index (χ2v) is 9.09. The highest BCUT2D eigenvalue weighted by atomic mass is 32.2. The summed E-state index contributed by atoms with van der Waals surface area (Å²) < 4.78 is 36.1. The quantitative estimate of drug-likeness (QED) is 0.0767. The van der Waals surface area contributed by atoms with Crippen molar-refractivity contribution in [1.29, 1.82) is 0 Å². The molecular weight excluding hydrogens is 496 g/mol. The highest BCUT2D eigenvalue weighted by Crippen LogP contribution is 2.11. The normalized spacial score (nSPS) is 12.1. The standard InChI is InChI=1S/C21H26N6O6S2/c1-26(20(24-34-33-32-3)16-11-7-5-8-12-16)22-18(28)15-19(29)23-27(2)21(25-35(4,30)31)17-13-9-6-10-14-17/h5-14H,15H2,1-4H3,(H,22,28)(H,23,29). The summed E-state index contributed by atoms with van der Waals surface area (Å²) in [6, 6.07) is 17.4. The number of rotatable bonds is 8. The summed E-state index contributed by atoms with van der Waals surface area (Å²) in [5, 5.41) is 2.48. The third-order valence-electron chi connectivity index (χ3n) is 4.08. The molecule has 2 aromatic rings. The molecule has 2 rings (SSSR count). The van der Waals surface area contributed by atoms with Crippen LogP contribution in [0.4, 0.5) is 0 Å². The Balaban J connectivity index is 2.07. The molecule has 0 atom stereocenters. The molecule has 35 heavy (non-hydrogen) atoms. The minimum Gasteiger partial charge on any atom is -0.273 e. The third-order valence-corrected chi connectivity index (χ3v) is 5.03. The number of hydrogen-bond acceptors (Lipinski definition) is 8. The maximum absolute atomic E-state index is 12.5. The van der Waals surface area contributed by atoms with Crippen LogP contribution in [0.15, 0.2) is 69.5 Å². The average molecular weight is 523 g/mol. The third kappa shape index (κ3) is 9.74. The summed E-state index contributed by atoms with van der Waals surface area (Å²) in [5.41, 5.74) is 6.15. The van der Waals surface area contributed by atoms with Crippen LogP contribution in [-0.2, 0) is 28.8 Å². The van der Waals surface area contributed by atoms with Crippen molar-refractivity contribution in [3.63, 3.8) is 0 Å². The zero-order valence-electron chi connectivity index (χ0n) is 19.5. The number of hydrogen-bond donors (Lipinski definition) is 2. The Morgan fingerprint density at radius 1 is 0.886 bits per heavy atom. The predicted molar refractivity (Wildman–Crippen MR) is 133 cm³/mol. The van der Waals surface area contributed by atoms with Gasteiger partial charge in [0.2, 0.25) is 11.8 Å². The SMILES string of the molecule is COOSN=C(c1ccccc1)N(C)NC(=O)CC(=O)NN(C)C(=NS(C)(=O)=O)c1ccccc1. The van der Waals surface area contributed by atoms with Gasteiger partial charge in [-0.2, -0.15) is 4.40 Å². The van der Waals surface area contributed by atoms with E-state index < -0.39 is 28.3 Å². The minimum absolute atomic E-state index is 0.00681. The predicted octanol–water partition coefficient (Wildman–Crippen LogP) is 1.30. The number of nitrogens with zero attached hydrogens (tertiary/aromatic N) is 4. The van der Waals surface area contributed by atoms with Gasteiger partial charge in [-0.3, -0.25) is 30.5 Å². The maximum atomic E-state index is 12.5. The van der Waals surface area contributed by atoms with Gasteiger partial charge < -0.3 is 0 Å². The topological polar surface area (TPSA) is 142 Å². The summed E-state index contributed by atoms with van der Waals surface area (Å²) in [6.45, 7) is 0. The number of amides is 2. The van der Waals surface area contributed by atoms with Crippen LogP contribution in [0.25, 0.3) is 0 Å². The fourth-order valence-electron chi connectivity index (χ4n) is 2.73. The van der Waals surface area contributed by atoms with E-state index in [1.165, 1.54) is 19.2 Å². The van der Waals surface area contributed by atoms with E-state index in [1.807, 2.05) is 6.07 Å². The van der Waals surface area contributed by atoms with Gasteiger partial charge in [0.15, 0.2) is 23.9 Å². The van der Waals surface area contributed by atoms with Crippen LogP contribution in [0.5, 0.6) is 0 Å². The lowest BCUT2D eigenvalue weighted by Crippen LogP contribution is -2.48. The van der Waals surface area contributed by atoms with E-state index in [2.05, 4.69) is 24.5 Å². The summed E-state index contributed by atoms with van der Waals surface area (Å²) in [4.78, 5) is 29.5. The van der Waals surface area contributed by atoms with E-state index in [0.29, 0.717) is 29.2 Å². The number of sulfonamides is 1. The zero-order chi connectivity index (χ0) is 25.8. The van der Waals surface area contributed by atoms with Crippen molar-refractivity contribution in [1.82, 2.24) is 20.9 Å². The Kier molecular flexibility index (Phi) is 10.7. The first-order chi connectivity index (χ1) is 16.6. The van der Waals surface area contributed by atoms with E-state index in [-0.39, 0.29) is 5.84 Å². The Labute approximate surface area is 208 Å². The first-order valence-corrected chi connectivity index (χ1v) is 12.6. The van der Waals surface area contributed by atoms with Crippen molar-refractivity contribution in [2.75, 3.05) is 27.5 Å². The van der Waals surface area contributed by atoms with Crippen LogP contribution in [0, 0.1) is 0 Å². The van der Waals surface area contributed by atoms with Gasteiger partial charge in [-0.05, 0) is 0 Å². The van der Waals surface area contributed by atoms with Gasteiger partial charge in [-0.1, -0.05) is 60.7 Å². The fourth-order valence-corrected chi connectivity index (χ4v) is 3.66. The molecule has 2 N–H and O–H groups in total. The van der Waals surface area contributed by atoms with Crippen LogP contribution in [0.2, 0.25) is 0 Å². The Hall–Kier alpha value is -3.46. The number of amidine groups is 2. The largest absolute Gasteiger partial charge is 0.273 e. The van der Waals surface area contributed by atoms with Crippen LogP contribution >= 0.6 is 12.2 Å². The van der Waals surface area contributed by atoms with Gasteiger partial charge in [-0.15, -0.1) is 8.73 Å². The molecule has 0 spiro atoms. The molecule has 0 unspecified atom stereocenters. The van der Waals surface area contributed by atoms with E-state index >= 15 is 0 Å². The van der Waals surface area contributed by atoms with E-state index in [1.54, 1.807) is 61.6 Å². The molecule has 0 saturated carbocycles. The lowest BCUT2D eigenvalue weighted by Gasteiger charge is -2.23. The molecule has 2 amide bonds. The molecule has 0 fully saturated rings. The van der Waals surface area contributed by atoms with Gasteiger partial charge in [0.25, 0.3) is 10.0 Å². The molecule has 188 valence electrons.